The smallest absolute Gasteiger partial charge is 0.255 e. The van der Waals surface area contributed by atoms with Gasteiger partial charge in [0.2, 0.25) is 11.8 Å². The van der Waals surface area contributed by atoms with Gasteiger partial charge in [-0.25, -0.2) is 4.98 Å². The Kier molecular flexibility index (Phi) is 6.63. The SMILES string of the molecule is COCC(=O)N(C1CCOCC1)C1CCN(C(=O)c2ccc(OC)nc2)C1. The van der Waals surface area contributed by atoms with Gasteiger partial charge in [0.05, 0.1) is 18.7 Å². The summed E-state index contributed by atoms with van der Waals surface area (Å²) >= 11 is 0. The third-order valence-electron chi connectivity index (χ3n) is 5.18. The molecule has 8 nitrogen and oxygen atoms in total. The molecule has 2 saturated heterocycles. The number of ether oxygens (including phenoxy) is 3. The van der Waals surface area contributed by atoms with E-state index in [1.54, 1.807) is 17.0 Å². The Balaban J connectivity index is 1.68. The number of hydrogen-bond acceptors (Lipinski definition) is 6. The van der Waals surface area contributed by atoms with Crippen LogP contribution in [0.1, 0.15) is 29.6 Å². The molecule has 0 aromatic carbocycles. The Morgan fingerprint density at radius 2 is 2.00 bits per heavy atom. The average molecular weight is 377 g/mol. The van der Waals surface area contributed by atoms with Gasteiger partial charge in [-0.3, -0.25) is 9.59 Å². The lowest BCUT2D eigenvalue weighted by atomic mass is 10.0. The molecule has 1 unspecified atom stereocenters. The number of likely N-dealkylation sites (tertiary alicyclic amines) is 1. The minimum absolute atomic E-state index is 0.00547. The van der Waals surface area contributed by atoms with Gasteiger partial charge in [-0.05, 0) is 25.3 Å². The molecule has 2 aliphatic rings. The first-order valence-electron chi connectivity index (χ1n) is 9.31. The van der Waals surface area contributed by atoms with E-state index in [1.807, 2.05) is 4.90 Å². The molecule has 8 heteroatoms. The fraction of sp³-hybridized carbons (Fsp3) is 0.632. The van der Waals surface area contributed by atoms with Crippen LogP contribution in [0.2, 0.25) is 0 Å². The molecular weight excluding hydrogens is 350 g/mol. The molecule has 3 heterocycles. The molecule has 148 valence electrons. The fourth-order valence-electron chi connectivity index (χ4n) is 3.83. The van der Waals surface area contributed by atoms with Crippen LogP contribution in [0.4, 0.5) is 0 Å². The van der Waals surface area contributed by atoms with Crippen LogP contribution in [0.5, 0.6) is 5.88 Å². The Bertz CT molecular complexity index is 645. The summed E-state index contributed by atoms with van der Waals surface area (Å²) in [6, 6.07) is 3.54. The molecule has 3 rings (SSSR count). The maximum absolute atomic E-state index is 12.8. The van der Waals surface area contributed by atoms with Crippen LogP contribution in [-0.4, -0.2) is 85.8 Å². The summed E-state index contributed by atoms with van der Waals surface area (Å²) in [7, 11) is 3.07. The van der Waals surface area contributed by atoms with E-state index in [9.17, 15) is 9.59 Å². The summed E-state index contributed by atoms with van der Waals surface area (Å²) in [5, 5.41) is 0. The van der Waals surface area contributed by atoms with Gasteiger partial charge in [0.1, 0.15) is 6.61 Å². The molecule has 0 spiro atoms. The van der Waals surface area contributed by atoms with Gasteiger partial charge in [0.15, 0.2) is 0 Å². The van der Waals surface area contributed by atoms with Crippen LogP contribution < -0.4 is 4.74 Å². The predicted molar refractivity (Wildman–Crippen MR) is 97.7 cm³/mol. The summed E-state index contributed by atoms with van der Waals surface area (Å²) in [5.41, 5.74) is 0.525. The van der Waals surface area contributed by atoms with Crippen LogP contribution >= 0.6 is 0 Å². The predicted octanol–water partition coefficient (Wildman–Crippen LogP) is 0.959. The van der Waals surface area contributed by atoms with Gasteiger partial charge in [0, 0.05) is 51.7 Å². The van der Waals surface area contributed by atoms with Crippen LogP contribution in [0, 0.1) is 0 Å². The number of hydrogen-bond donors (Lipinski definition) is 0. The largest absolute Gasteiger partial charge is 0.481 e. The first-order chi connectivity index (χ1) is 13.1. The number of carbonyl (C=O) groups is 2. The van der Waals surface area contributed by atoms with Crippen LogP contribution in [0.25, 0.3) is 0 Å². The highest BCUT2D eigenvalue weighted by Gasteiger charge is 2.37. The second kappa shape index (κ2) is 9.14. The van der Waals surface area contributed by atoms with Gasteiger partial charge in [0.25, 0.3) is 5.91 Å². The monoisotopic (exact) mass is 377 g/mol. The van der Waals surface area contributed by atoms with Crippen molar-refractivity contribution < 1.29 is 23.8 Å². The van der Waals surface area contributed by atoms with Crippen molar-refractivity contribution in [2.45, 2.75) is 31.3 Å². The third kappa shape index (κ3) is 4.56. The number of pyridine rings is 1. The number of amides is 2. The number of carbonyl (C=O) groups excluding carboxylic acids is 2. The van der Waals surface area contributed by atoms with Crippen molar-refractivity contribution in [3.05, 3.63) is 23.9 Å². The van der Waals surface area contributed by atoms with E-state index in [1.165, 1.54) is 20.4 Å². The highest BCUT2D eigenvalue weighted by atomic mass is 16.5. The highest BCUT2D eigenvalue weighted by molar-refractivity contribution is 5.94. The first-order valence-corrected chi connectivity index (χ1v) is 9.31. The highest BCUT2D eigenvalue weighted by Crippen LogP contribution is 2.25. The van der Waals surface area contributed by atoms with E-state index >= 15 is 0 Å². The molecular formula is C19H27N3O5. The molecule has 1 aromatic rings. The summed E-state index contributed by atoms with van der Waals surface area (Å²) < 4.78 is 15.6. The van der Waals surface area contributed by atoms with Crippen molar-refractivity contribution in [3.8, 4) is 5.88 Å². The van der Waals surface area contributed by atoms with Crippen molar-refractivity contribution in [1.29, 1.82) is 0 Å². The zero-order valence-electron chi connectivity index (χ0n) is 15.9. The molecule has 2 aliphatic heterocycles. The molecule has 2 fully saturated rings. The van der Waals surface area contributed by atoms with Crippen molar-refractivity contribution in [1.82, 2.24) is 14.8 Å². The molecule has 0 N–H and O–H groups in total. The van der Waals surface area contributed by atoms with Gasteiger partial charge in [-0.2, -0.15) is 0 Å². The minimum atomic E-state index is -0.0706. The zero-order valence-corrected chi connectivity index (χ0v) is 15.9. The molecule has 0 bridgehead atoms. The van der Waals surface area contributed by atoms with Gasteiger partial charge >= 0.3 is 0 Å². The van der Waals surface area contributed by atoms with Crippen LogP contribution in [0.15, 0.2) is 18.3 Å². The minimum Gasteiger partial charge on any atom is -0.481 e. The summed E-state index contributed by atoms with van der Waals surface area (Å²) in [5.74, 6) is 0.385. The molecule has 1 aromatic heterocycles. The standard InChI is InChI=1S/C19H27N3O5/c1-25-13-18(23)22(15-6-9-27-10-7-15)16-5-8-21(12-16)19(24)14-3-4-17(26-2)20-11-14/h3-4,11,15-16H,5-10,12-13H2,1-2H3. The van der Waals surface area contributed by atoms with Crippen molar-refractivity contribution in [2.75, 3.05) is 47.1 Å². The second-order valence-corrected chi connectivity index (χ2v) is 6.86. The van der Waals surface area contributed by atoms with Crippen LogP contribution in [-0.2, 0) is 14.3 Å². The Labute approximate surface area is 159 Å². The number of nitrogens with zero attached hydrogens (tertiary/aromatic N) is 3. The normalized spacial score (nSPS) is 20.5. The van der Waals surface area contributed by atoms with E-state index in [0.29, 0.717) is 37.7 Å². The first kappa shape index (κ1) is 19.6. The Morgan fingerprint density at radius 3 is 2.63 bits per heavy atom. The zero-order chi connectivity index (χ0) is 19.2. The maximum atomic E-state index is 12.8. The molecule has 0 radical (unpaired) electrons. The quantitative estimate of drug-likeness (QED) is 0.735. The van der Waals surface area contributed by atoms with Gasteiger partial charge in [-0.15, -0.1) is 0 Å². The molecule has 0 aliphatic carbocycles. The van der Waals surface area contributed by atoms with E-state index in [2.05, 4.69) is 4.98 Å². The summed E-state index contributed by atoms with van der Waals surface area (Å²) in [6.07, 6.45) is 3.94. The number of aromatic nitrogens is 1. The molecule has 0 saturated carbocycles. The Hall–Kier alpha value is -2.19. The number of methoxy groups -OCH3 is 2. The van der Waals surface area contributed by atoms with Gasteiger partial charge < -0.3 is 24.0 Å². The molecule has 1 atom stereocenters. The van der Waals surface area contributed by atoms with Crippen LogP contribution in [0.3, 0.4) is 0 Å². The third-order valence-corrected chi connectivity index (χ3v) is 5.18. The number of rotatable bonds is 6. The topological polar surface area (TPSA) is 81.2 Å². The second-order valence-electron chi connectivity index (χ2n) is 6.86. The average Bonchev–Trinajstić information content (AvgIpc) is 3.18. The van der Waals surface area contributed by atoms with E-state index < -0.39 is 0 Å². The maximum Gasteiger partial charge on any atom is 0.255 e. The Morgan fingerprint density at radius 1 is 1.22 bits per heavy atom. The van der Waals surface area contributed by atoms with Crippen molar-refractivity contribution >= 4 is 11.8 Å². The summed E-state index contributed by atoms with van der Waals surface area (Å²) in [4.78, 5) is 33.3. The summed E-state index contributed by atoms with van der Waals surface area (Å²) in [6.45, 7) is 2.53. The lowest BCUT2D eigenvalue weighted by molar-refractivity contribution is -0.142. The fourth-order valence-corrected chi connectivity index (χ4v) is 3.83. The lowest BCUT2D eigenvalue weighted by Crippen LogP contribution is -2.51. The van der Waals surface area contributed by atoms with Crippen molar-refractivity contribution in [3.63, 3.8) is 0 Å². The molecule has 2 amide bonds. The lowest BCUT2D eigenvalue weighted by Gasteiger charge is -2.38. The van der Waals surface area contributed by atoms with Gasteiger partial charge in [-0.1, -0.05) is 0 Å². The molecule has 27 heavy (non-hydrogen) atoms. The van der Waals surface area contributed by atoms with Crippen molar-refractivity contribution in [2.24, 2.45) is 0 Å². The van der Waals surface area contributed by atoms with E-state index in [0.717, 1.165) is 19.3 Å². The van der Waals surface area contributed by atoms with E-state index in [-0.39, 0.29) is 30.5 Å². The van der Waals surface area contributed by atoms with E-state index in [4.69, 9.17) is 14.2 Å².